The number of aryl methyl sites for hydroxylation is 1. The fourth-order valence-corrected chi connectivity index (χ4v) is 2.20. The van der Waals surface area contributed by atoms with Crippen LogP contribution in [0.3, 0.4) is 0 Å². The standard InChI is InChI=1S/C16H13F3N6O/c1-25-11(6-12(24-25)13-9-20-4-5-21-13)8-23-15(26)10-2-3-14(22-7-10)16(17,18)19/h2-7,9H,8H2,1H3,(H,23,26). The Bertz CT molecular complexity index is 906. The Hall–Kier alpha value is -3.30. The van der Waals surface area contributed by atoms with Gasteiger partial charge in [-0.1, -0.05) is 0 Å². The van der Waals surface area contributed by atoms with E-state index in [4.69, 9.17) is 0 Å². The number of aromatic nitrogens is 5. The second-order valence-corrected chi connectivity index (χ2v) is 5.35. The van der Waals surface area contributed by atoms with E-state index in [1.54, 1.807) is 36.4 Å². The number of nitrogens with zero attached hydrogens (tertiary/aromatic N) is 5. The molecule has 0 aliphatic heterocycles. The molecule has 0 saturated carbocycles. The minimum Gasteiger partial charge on any atom is -0.346 e. The number of pyridine rings is 1. The first-order chi connectivity index (χ1) is 12.3. The number of halogens is 3. The summed E-state index contributed by atoms with van der Waals surface area (Å²) < 4.78 is 39.1. The maximum atomic E-state index is 12.5. The fourth-order valence-electron chi connectivity index (χ4n) is 2.20. The third-order valence-electron chi connectivity index (χ3n) is 3.55. The molecule has 0 radical (unpaired) electrons. The summed E-state index contributed by atoms with van der Waals surface area (Å²) in [6, 6.07) is 3.60. The van der Waals surface area contributed by atoms with E-state index in [-0.39, 0.29) is 12.1 Å². The van der Waals surface area contributed by atoms with Gasteiger partial charge in [-0.2, -0.15) is 18.3 Å². The van der Waals surface area contributed by atoms with Crippen LogP contribution in [0.5, 0.6) is 0 Å². The van der Waals surface area contributed by atoms with Gasteiger partial charge in [0.1, 0.15) is 17.1 Å². The second-order valence-electron chi connectivity index (χ2n) is 5.35. The summed E-state index contributed by atoms with van der Waals surface area (Å²) in [7, 11) is 1.71. The Balaban J connectivity index is 1.67. The van der Waals surface area contributed by atoms with Crippen molar-refractivity contribution in [2.45, 2.75) is 12.7 Å². The monoisotopic (exact) mass is 362 g/mol. The van der Waals surface area contributed by atoms with Gasteiger partial charge < -0.3 is 5.32 Å². The lowest BCUT2D eigenvalue weighted by molar-refractivity contribution is -0.141. The van der Waals surface area contributed by atoms with Crippen LogP contribution in [-0.4, -0.2) is 30.6 Å². The van der Waals surface area contributed by atoms with Crippen LogP contribution in [0.2, 0.25) is 0 Å². The van der Waals surface area contributed by atoms with Gasteiger partial charge in [0.05, 0.1) is 24.0 Å². The smallest absolute Gasteiger partial charge is 0.346 e. The average Bonchev–Trinajstić information content (AvgIpc) is 3.00. The van der Waals surface area contributed by atoms with Crippen LogP contribution in [0.4, 0.5) is 13.2 Å². The second kappa shape index (κ2) is 6.90. The minimum atomic E-state index is -4.54. The minimum absolute atomic E-state index is 0.0364. The molecule has 0 fully saturated rings. The summed E-state index contributed by atoms with van der Waals surface area (Å²) in [4.78, 5) is 23.5. The Morgan fingerprint density at radius 2 is 1.96 bits per heavy atom. The summed E-state index contributed by atoms with van der Waals surface area (Å²) in [5.41, 5.74) is 0.871. The maximum absolute atomic E-state index is 12.5. The molecule has 10 heteroatoms. The van der Waals surface area contributed by atoms with Crippen molar-refractivity contribution in [2.24, 2.45) is 7.05 Å². The van der Waals surface area contributed by atoms with Gasteiger partial charge in [-0.05, 0) is 18.2 Å². The zero-order valence-electron chi connectivity index (χ0n) is 13.5. The summed E-state index contributed by atoms with van der Waals surface area (Å²) in [6.45, 7) is 0.142. The van der Waals surface area contributed by atoms with Crippen molar-refractivity contribution in [3.05, 3.63) is 59.9 Å². The highest BCUT2D eigenvalue weighted by molar-refractivity contribution is 5.93. The molecule has 0 unspecified atom stereocenters. The van der Waals surface area contributed by atoms with Crippen LogP contribution in [0.1, 0.15) is 21.7 Å². The summed E-state index contributed by atoms with van der Waals surface area (Å²) in [5, 5.41) is 6.92. The van der Waals surface area contributed by atoms with E-state index in [1.165, 1.54) is 0 Å². The molecule has 3 aromatic rings. The molecule has 0 bridgehead atoms. The molecule has 1 amide bonds. The summed E-state index contributed by atoms with van der Waals surface area (Å²) in [5.74, 6) is -0.534. The molecule has 3 heterocycles. The van der Waals surface area contributed by atoms with Crippen LogP contribution in [0, 0.1) is 0 Å². The molecule has 3 aromatic heterocycles. The third kappa shape index (κ3) is 3.85. The SMILES string of the molecule is Cn1nc(-c2cnccn2)cc1CNC(=O)c1ccc(C(F)(F)F)nc1. The topological polar surface area (TPSA) is 85.6 Å². The average molecular weight is 362 g/mol. The van der Waals surface area contributed by atoms with Gasteiger partial charge in [0.15, 0.2) is 0 Å². The van der Waals surface area contributed by atoms with Crippen molar-refractivity contribution >= 4 is 5.91 Å². The van der Waals surface area contributed by atoms with Crippen LogP contribution < -0.4 is 5.32 Å². The predicted octanol–water partition coefficient (Wildman–Crippen LogP) is 2.22. The van der Waals surface area contributed by atoms with Gasteiger partial charge in [0.2, 0.25) is 0 Å². The molecule has 0 saturated heterocycles. The lowest BCUT2D eigenvalue weighted by Gasteiger charge is -2.07. The molecule has 0 aromatic carbocycles. The van der Waals surface area contributed by atoms with E-state index in [9.17, 15) is 18.0 Å². The van der Waals surface area contributed by atoms with Gasteiger partial charge in [-0.15, -0.1) is 0 Å². The first-order valence-corrected chi connectivity index (χ1v) is 7.45. The van der Waals surface area contributed by atoms with Gasteiger partial charge in [-0.3, -0.25) is 24.4 Å². The van der Waals surface area contributed by atoms with Crippen molar-refractivity contribution in [3.63, 3.8) is 0 Å². The normalized spacial score (nSPS) is 11.4. The number of nitrogens with one attached hydrogen (secondary N) is 1. The summed E-state index contributed by atoms with van der Waals surface area (Å²) in [6.07, 6.45) is 1.01. The summed E-state index contributed by atoms with van der Waals surface area (Å²) >= 11 is 0. The van der Waals surface area contributed by atoms with Crippen LogP contribution in [0.25, 0.3) is 11.4 Å². The number of alkyl halides is 3. The molecule has 0 aliphatic rings. The van der Waals surface area contributed by atoms with Crippen LogP contribution in [0.15, 0.2) is 43.0 Å². The molecule has 3 rings (SSSR count). The van der Waals surface area contributed by atoms with E-state index in [1.807, 2.05) is 0 Å². The third-order valence-corrected chi connectivity index (χ3v) is 3.55. The molecule has 26 heavy (non-hydrogen) atoms. The molecule has 0 spiro atoms. The van der Waals surface area contributed by atoms with Crippen molar-refractivity contribution in [1.29, 1.82) is 0 Å². The van der Waals surface area contributed by atoms with E-state index < -0.39 is 17.8 Å². The van der Waals surface area contributed by atoms with Gasteiger partial charge >= 0.3 is 6.18 Å². The number of amides is 1. The van der Waals surface area contributed by atoms with Crippen molar-refractivity contribution in [2.75, 3.05) is 0 Å². The molecular formula is C16H13F3N6O. The quantitative estimate of drug-likeness (QED) is 0.769. The fraction of sp³-hybridized carbons (Fsp3) is 0.188. The van der Waals surface area contributed by atoms with Crippen molar-refractivity contribution in [3.8, 4) is 11.4 Å². The van der Waals surface area contributed by atoms with E-state index in [0.29, 0.717) is 17.1 Å². The van der Waals surface area contributed by atoms with Crippen LogP contribution in [-0.2, 0) is 19.8 Å². The number of hydrogen-bond acceptors (Lipinski definition) is 5. The highest BCUT2D eigenvalue weighted by atomic mass is 19.4. The lowest BCUT2D eigenvalue weighted by Crippen LogP contribution is -2.24. The molecular weight excluding hydrogens is 349 g/mol. The largest absolute Gasteiger partial charge is 0.433 e. The zero-order chi connectivity index (χ0) is 18.7. The molecule has 1 N–H and O–H groups in total. The molecule has 7 nitrogen and oxygen atoms in total. The maximum Gasteiger partial charge on any atom is 0.433 e. The molecule has 134 valence electrons. The number of carbonyl (C=O) groups is 1. The Morgan fingerprint density at radius 3 is 2.58 bits per heavy atom. The predicted molar refractivity (Wildman–Crippen MR) is 84.6 cm³/mol. The number of hydrogen-bond donors (Lipinski definition) is 1. The van der Waals surface area contributed by atoms with E-state index >= 15 is 0 Å². The highest BCUT2D eigenvalue weighted by Gasteiger charge is 2.32. The number of carbonyl (C=O) groups excluding carboxylic acids is 1. The molecule has 0 aliphatic carbocycles. The van der Waals surface area contributed by atoms with E-state index in [2.05, 4.69) is 25.4 Å². The van der Waals surface area contributed by atoms with Gasteiger partial charge in [0.25, 0.3) is 5.91 Å². The Morgan fingerprint density at radius 1 is 1.15 bits per heavy atom. The lowest BCUT2D eigenvalue weighted by atomic mass is 10.2. The zero-order valence-corrected chi connectivity index (χ0v) is 13.5. The van der Waals surface area contributed by atoms with E-state index in [0.717, 1.165) is 18.3 Å². The number of rotatable bonds is 4. The van der Waals surface area contributed by atoms with Gasteiger partial charge in [0, 0.05) is 25.6 Å². The first-order valence-electron chi connectivity index (χ1n) is 7.45. The Labute approximate surface area is 145 Å². The van der Waals surface area contributed by atoms with Crippen LogP contribution >= 0.6 is 0 Å². The van der Waals surface area contributed by atoms with Crippen molar-refractivity contribution < 1.29 is 18.0 Å². The molecule has 0 atom stereocenters. The Kier molecular flexibility index (Phi) is 4.65. The van der Waals surface area contributed by atoms with Gasteiger partial charge in [-0.25, -0.2) is 0 Å². The first kappa shape index (κ1) is 17.5. The highest BCUT2D eigenvalue weighted by Crippen LogP contribution is 2.27. The van der Waals surface area contributed by atoms with Crippen molar-refractivity contribution in [1.82, 2.24) is 30.0 Å².